The van der Waals surface area contributed by atoms with Crippen LogP contribution in [0.5, 0.6) is 0 Å². The smallest absolute Gasteiger partial charge is 0.224 e. The summed E-state index contributed by atoms with van der Waals surface area (Å²) in [7, 11) is 0. The van der Waals surface area contributed by atoms with Gasteiger partial charge in [-0.1, -0.05) is 36.5 Å². The molecule has 0 radical (unpaired) electrons. The maximum Gasteiger partial charge on any atom is 0.224 e. The molecule has 0 aliphatic carbocycles. The average Bonchev–Trinajstić information content (AvgIpc) is 2.39. The van der Waals surface area contributed by atoms with Crippen molar-refractivity contribution in [3.63, 3.8) is 0 Å². The minimum absolute atomic E-state index is 0.0622. The summed E-state index contributed by atoms with van der Waals surface area (Å²) in [6.45, 7) is 0.754. The van der Waals surface area contributed by atoms with Gasteiger partial charge in [0.15, 0.2) is 0 Å². The van der Waals surface area contributed by atoms with Gasteiger partial charge < -0.3 is 11.1 Å². The molecule has 0 heterocycles. The Morgan fingerprint density at radius 2 is 2.00 bits per heavy atom. The second-order valence-corrected chi connectivity index (χ2v) is 5.71. The van der Waals surface area contributed by atoms with Crippen molar-refractivity contribution in [2.24, 2.45) is 5.73 Å². The average molecular weight is 296 g/mol. The van der Waals surface area contributed by atoms with Crippen LogP contribution in [0.25, 0.3) is 0 Å². The standard InChI is InChI=1S/C14H20N2OS2/c1-19-9-3-2-8-16-13(17)10-11-4-6-12(7-5-11)14(15)18/h4-7H,2-3,8-10H2,1H3,(H2,15,18)(H,16,17). The monoisotopic (exact) mass is 296 g/mol. The molecular formula is C14H20N2OS2. The van der Waals surface area contributed by atoms with E-state index in [1.165, 1.54) is 0 Å². The molecule has 0 atom stereocenters. The van der Waals surface area contributed by atoms with Crippen LogP contribution in [0.2, 0.25) is 0 Å². The fourth-order valence-corrected chi connectivity index (χ4v) is 2.26. The van der Waals surface area contributed by atoms with Gasteiger partial charge >= 0.3 is 0 Å². The highest BCUT2D eigenvalue weighted by molar-refractivity contribution is 7.98. The van der Waals surface area contributed by atoms with E-state index in [0.717, 1.165) is 36.3 Å². The van der Waals surface area contributed by atoms with E-state index in [1.807, 2.05) is 36.0 Å². The third-order valence-electron chi connectivity index (χ3n) is 2.70. The molecule has 0 saturated carbocycles. The number of thioether (sulfide) groups is 1. The lowest BCUT2D eigenvalue weighted by Gasteiger charge is -2.06. The highest BCUT2D eigenvalue weighted by Crippen LogP contribution is 2.05. The van der Waals surface area contributed by atoms with Gasteiger partial charge in [-0.3, -0.25) is 4.79 Å². The van der Waals surface area contributed by atoms with Gasteiger partial charge in [0.1, 0.15) is 4.99 Å². The zero-order chi connectivity index (χ0) is 14.1. The van der Waals surface area contributed by atoms with E-state index in [1.54, 1.807) is 0 Å². The quantitative estimate of drug-likeness (QED) is 0.570. The number of rotatable bonds is 8. The van der Waals surface area contributed by atoms with Crippen molar-refractivity contribution in [1.82, 2.24) is 5.32 Å². The predicted molar refractivity (Wildman–Crippen MR) is 86.7 cm³/mol. The number of carbonyl (C=O) groups excluding carboxylic acids is 1. The van der Waals surface area contributed by atoms with Crippen LogP contribution in [-0.4, -0.2) is 29.4 Å². The molecule has 104 valence electrons. The number of nitrogens with one attached hydrogen (secondary N) is 1. The first-order chi connectivity index (χ1) is 9.13. The van der Waals surface area contributed by atoms with Crippen molar-refractivity contribution >= 4 is 34.9 Å². The molecule has 1 aromatic carbocycles. The molecule has 0 fully saturated rings. The Hall–Kier alpha value is -1.07. The minimum Gasteiger partial charge on any atom is -0.389 e. The summed E-state index contributed by atoms with van der Waals surface area (Å²) in [6, 6.07) is 7.48. The summed E-state index contributed by atoms with van der Waals surface area (Å²) in [5.41, 5.74) is 7.32. The normalized spacial score (nSPS) is 10.2. The molecule has 0 aliphatic rings. The van der Waals surface area contributed by atoms with Gasteiger partial charge in [0.25, 0.3) is 0 Å². The van der Waals surface area contributed by atoms with Crippen LogP contribution in [-0.2, 0) is 11.2 Å². The van der Waals surface area contributed by atoms with Crippen LogP contribution in [0.3, 0.4) is 0 Å². The summed E-state index contributed by atoms with van der Waals surface area (Å²) in [6.07, 6.45) is 4.67. The van der Waals surface area contributed by atoms with Crippen molar-refractivity contribution in [1.29, 1.82) is 0 Å². The third-order valence-corrected chi connectivity index (χ3v) is 3.63. The second-order valence-electron chi connectivity index (χ2n) is 4.29. The van der Waals surface area contributed by atoms with Crippen molar-refractivity contribution in [2.75, 3.05) is 18.6 Å². The van der Waals surface area contributed by atoms with Crippen molar-refractivity contribution < 1.29 is 4.79 Å². The van der Waals surface area contributed by atoms with E-state index in [2.05, 4.69) is 11.6 Å². The first kappa shape index (κ1) is 16.0. The van der Waals surface area contributed by atoms with Gasteiger partial charge in [-0.25, -0.2) is 0 Å². The molecular weight excluding hydrogens is 276 g/mol. The third kappa shape index (κ3) is 6.59. The fraction of sp³-hybridized carbons (Fsp3) is 0.429. The van der Waals surface area contributed by atoms with E-state index in [0.29, 0.717) is 11.4 Å². The largest absolute Gasteiger partial charge is 0.389 e. The molecule has 19 heavy (non-hydrogen) atoms. The van der Waals surface area contributed by atoms with E-state index < -0.39 is 0 Å². The van der Waals surface area contributed by atoms with E-state index >= 15 is 0 Å². The Morgan fingerprint density at radius 1 is 1.32 bits per heavy atom. The van der Waals surface area contributed by atoms with Crippen molar-refractivity contribution in [3.8, 4) is 0 Å². The molecule has 3 nitrogen and oxygen atoms in total. The highest BCUT2D eigenvalue weighted by atomic mass is 32.2. The van der Waals surface area contributed by atoms with Crippen LogP contribution in [0.15, 0.2) is 24.3 Å². The number of benzene rings is 1. The topological polar surface area (TPSA) is 55.1 Å². The highest BCUT2D eigenvalue weighted by Gasteiger charge is 2.03. The number of hydrogen-bond acceptors (Lipinski definition) is 3. The summed E-state index contributed by atoms with van der Waals surface area (Å²) in [4.78, 5) is 12.1. The Balaban J connectivity index is 2.30. The van der Waals surface area contributed by atoms with E-state index in [9.17, 15) is 4.79 Å². The van der Waals surface area contributed by atoms with Gasteiger partial charge in [0.05, 0.1) is 6.42 Å². The number of hydrogen-bond donors (Lipinski definition) is 2. The Morgan fingerprint density at radius 3 is 2.58 bits per heavy atom. The molecule has 1 aromatic rings. The summed E-state index contributed by atoms with van der Waals surface area (Å²) in [5.74, 6) is 1.21. The fourth-order valence-electron chi connectivity index (χ4n) is 1.63. The Kier molecular flexibility index (Phi) is 7.52. The molecule has 0 spiro atoms. The van der Waals surface area contributed by atoms with Crippen LogP contribution >= 0.6 is 24.0 Å². The van der Waals surface area contributed by atoms with Gasteiger partial charge in [-0.05, 0) is 30.4 Å². The molecule has 0 aliphatic heterocycles. The summed E-state index contributed by atoms with van der Waals surface area (Å²) in [5, 5.41) is 2.93. The van der Waals surface area contributed by atoms with E-state index in [-0.39, 0.29) is 5.91 Å². The Bertz CT molecular complexity index is 418. The Labute approximate surface area is 124 Å². The van der Waals surface area contributed by atoms with Crippen LogP contribution in [0.1, 0.15) is 24.0 Å². The van der Waals surface area contributed by atoms with Crippen LogP contribution in [0, 0.1) is 0 Å². The van der Waals surface area contributed by atoms with Gasteiger partial charge in [0.2, 0.25) is 5.91 Å². The second kappa shape index (κ2) is 8.93. The van der Waals surface area contributed by atoms with Crippen molar-refractivity contribution in [3.05, 3.63) is 35.4 Å². The van der Waals surface area contributed by atoms with Gasteiger partial charge in [-0.2, -0.15) is 11.8 Å². The molecule has 0 bridgehead atoms. The first-order valence-electron chi connectivity index (χ1n) is 6.28. The molecule has 0 aromatic heterocycles. The van der Waals surface area contributed by atoms with Crippen LogP contribution < -0.4 is 11.1 Å². The maximum absolute atomic E-state index is 11.7. The lowest BCUT2D eigenvalue weighted by atomic mass is 10.1. The lowest BCUT2D eigenvalue weighted by molar-refractivity contribution is -0.120. The van der Waals surface area contributed by atoms with Gasteiger partial charge in [0, 0.05) is 12.1 Å². The molecule has 1 amide bonds. The van der Waals surface area contributed by atoms with Gasteiger partial charge in [-0.15, -0.1) is 0 Å². The molecule has 0 unspecified atom stereocenters. The minimum atomic E-state index is 0.0622. The molecule has 3 N–H and O–H groups in total. The summed E-state index contributed by atoms with van der Waals surface area (Å²) < 4.78 is 0. The molecule has 1 rings (SSSR count). The first-order valence-corrected chi connectivity index (χ1v) is 8.08. The summed E-state index contributed by atoms with van der Waals surface area (Å²) >= 11 is 6.72. The lowest BCUT2D eigenvalue weighted by Crippen LogP contribution is -2.26. The predicted octanol–water partition coefficient (Wildman–Crippen LogP) is 2.12. The van der Waals surface area contributed by atoms with E-state index in [4.69, 9.17) is 18.0 Å². The maximum atomic E-state index is 11.7. The molecule has 5 heteroatoms. The number of thiocarbonyl (C=S) groups is 1. The van der Waals surface area contributed by atoms with Crippen LogP contribution in [0.4, 0.5) is 0 Å². The number of amides is 1. The zero-order valence-electron chi connectivity index (χ0n) is 11.1. The van der Waals surface area contributed by atoms with Crippen molar-refractivity contribution in [2.45, 2.75) is 19.3 Å². The number of nitrogens with two attached hydrogens (primary N) is 1. The molecule has 0 saturated heterocycles. The SMILES string of the molecule is CSCCCCNC(=O)Cc1ccc(C(N)=S)cc1. The number of unbranched alkanes of at least 4 members (excludes halogenated alkanes) is 1. The zero-order valence-corrected chi connectivity index (χ0v) is 12.8. The number of carbonyl (C=O) groups is 1.